The molecule has 2 aromatic rings. The van der Waals surface area contributed by atoms with Crippen molar-refractivity contribution in [3.8, 4) is 0 Å². The monoisotopic (exact) mass is 361 g/mol. The lowest BCUT2D eigenvalue weighted by atomic mass is 9.99. The highest BCUT2D eigenvalue weighted by Crippen LogP contribution is 2.26. The van der Waals surface area contributed by atoms with Crippen LogP contribution in [0.25, 0.3) is 0 Å². The number of nitrogens with two attached hydrogens (primary N) is 1. The second-order valence-electron chi connectivity index (χ2n) is 4.22. The maximum Gasteiger partial charge on any atom is 0.137 e. The summed E-state index contributed by atoms with van der Waals surface area (Å²) in [6.45, 7) is 0. The summed E-state index contributed by atoms with van der Waals surface area (Å²) in [6.07, 6.45) is 0.500. The molecule has 0 fully saturated rings. The molecular weight excluding hydrogens is 352 g/mol. The first-order valence-corrected chi connectivity index (χ1v) is 7.16. The van der Waals surface area contributed by atoms with E-state index in [1.54, 1.807) is 30.3 Å². The predicted octanol–water partition coefficient (Wildman–Crippen LogP) is 5.14. The molecule has 0 amide bonds. The molecule has 0 aromatic heterocycles. The van der Waals surface area contributed by atoms with Crippen LogP contribution in [0.2, 0.25) is 10.0 Å². The van der Waals surface area contributed by atoms with Crippen molar-refractivity contribution < 1.29 is 4.39 Å². The minimum atomic E-state index is -0.335. The van der Waals surface area contributed by atoms with Crippen LogP contribution < -0.4 is 5.73 Å². The summed E-state index contributed by atoms with van der Waals surface area (Å²) in [5.74, 6) is -0.329. The second-order valence-corrected chi connectivity index (χ2v) is 5.92. The lowest BCUT2D eigenvalue weighted by molar-refractivity contribution is 0.612. The predicted molar refractivity (Wildman–Crippen MR) is 81.2 cm³/mol. The summed E-state index contributed by atoms with van der Waals surface area (Å²) < 4.78 is 13.9. The van der Waals surface area contributed by atoms with Gasteiger partial charge in [-0.1, -0.05) is 29.3 Å². The number of benzene rings is 2. The van der Waals surface area contributed by atoms with Crippen LogP contribution in [0.1, 0.15) is 17.2 Å². The van der Waals surface area contributed by atoms with E-state index in [4.69, 9.17) is 28.9 Å². The first-order chi connectivity index (χ1) is 8.97. The standard InChI is InChI=1S/C14H11BrCl2FN/c15-11-3-1-8(6-13(11)18)14(19)7-9-5-10(16)2-4-12(9)17/h1-6,14H,7,19H2. The van der Waals surface area contributed by atoms with E-state index < -0.39 is 0 Å². The summed E-state index contributed by atoms with van der Waals surface area (Å²) in [5, 5.41) is 1.21. The van der Waals surface area contributed by atoms with Gasteiger partial charge in [-0.3, -0.25) is 0 Å². The van der Waals surface area contributed by atoms with E-state index in [2.05, 4.69) is 15.9 Å². The average Bonchev–Trinajstić information content (AvgIpc) is 2.37. The third-order valence-corrected chi connectivity index (χ3v) is 4.07. The zero-order valence-electron chi connectivity index (χ0n) is 9.84. The van der Waals surface area contributed by atoms with Crippen LogP contribution in [0.15, 0.2) is 40.9 Å². The largest absolute Gasteiger partial charge is 0.324 e. The van der Waals surface area contributed by atoms with Gasteiger partial charge in [-0.25, -0.2) is 4.39 Å². The van der Waals surface area contributed by atoms with Gasteiger partial charge in [0, 0.05) is 16.1 Å². The van der Waals surface area contributed by atoms with E-state index in [0.29, 0.717) is 20.9 Å². The van der Waals surface area contributed by atoms with Crippen molar-refractivity contribution in [2.75, 3.05) is 0 Å². The van der Waals surface area contributed by atoms with Crippen molar-refractivity contribution in [3.05, 3.63) is 67.9 Å². The van der Waals surface area contributed by atoms with Crippen molar-refractivity contribution in [1.29, 1.82) is 0 Å². The van der Waals surface area contributed by atoms with Gasteiger partial charge in [-0.05, 0) is 63.8 Å². The Labute approximate surface area is 129 Å². The molecule has 0 radical (unpaired) electrons. The van der Waals surface area contributed by atoms with E-state index in [1.165, 1.54) is 6.07 Å². The highest BCUT2D eigenvalue weighted by atomic mass is 79.9. The van der Waals surface area contributed by atoms with Crippen LogP contribution in [0.5, 0.6) is 0 Å². The van der Waals surface area contributed by atoms with Gasteiger partial charge in [0.05, 0.1) is 4.47 Å². The van der Waals surface area contributed by atoms with Crippen LogP contribution in [-0.4, -0.2) is 0 Å². The Kier molecular flexibility index (Phi) is 4.85. The van der Waals surface area contributed by atoms with Crippen molar-refractivity contribution in [1.82, 2.24) is 0 Å². The van der Waals surface area contributed by atoms with Gasteiger partial charge >= 0.3 is 0 Å². The van der Waals surface area contributed by atoms with Crippen LogP contribution in [-0.2, 0) is 6.42 Å². The molecule has 2 rings (SSSR count). The summed E-state index contributed by atoms with van der Waals surface area (Å²) in [4.78, 5) is 0. The molecule has 0 aliphatic heterocycles. The fourth-order valence-corrected chi connectivity index (χ4v) is 2.43. The van der Waals surface area contributed by atoms with Crippen molar-refractivity contribution in [2.45, 2.75) is 12.5 Å². The van der Waals surface area contributed by atoms with Crippen molar-refractivity contribution in [2.24, 2.45) is 5.73 Å². The normalized spacial score (nSPS) is 12.5. The van der Waals surface area contributed by atoms with Gasteiger partial charge in [-0.2, -0.15) is 0 Å². The molecular formula is C14H11BrCl2FN. The molecule has 2 aromatic carbocycles. The van der Waals surface area contributed by atoms with Crippen LogP contribution in [0.3, 0.4) is 0 Å². The second kappa shape index (κ2) is 6.23. The first kappa shape index (κ1) is 14.8. The van der Waals surface area contributed by atoms with Gasteiger partial charge in [0.25, 0.3) is 0 Å². The van der Waals surface area contributed by atoms with Crippen LogP contribution in [0, 0.1) is 5.82 Å². The lowest BCUT2D eigenvalue weighted by Gasteiger charge is -2.14. The highest BCUT2D eigenvalue weighted by Gasteiger charge is 2.12. The third-order valence-electron chi connectivity index (χ3n) is 2.82. The average molecular weight is 363 g/mol. The van der Waals surface area contributed by atoms with Gasteiger partial charge in [0.2, 0.25) is 0 Å². The van der Waals surface area contributed by atoms with Gasteiger partial charge < -0.3 is 5.73 Å². The number of hydrogen-bond donors (Lipinski definition) is 1. The molecule has 1 atom stereocenters. The Hall–Kier alpha value is -0.610. The zero-order chi connectivity index (χ0) is 14.0. The Morgan fingerprint density at radius 1 is 1.16 bits per heavy atom. The van der Waals surface area contributed by atoms with Gasteiger partial charge in [0.15, 0.2) is 0 Å². The Morgan fingerprint density at radius 3 is 2.58 bits per heavy atom. The number of halogens is 4. The minimum absolute atomic E-state index is 0.329. The SMILES string of the molecule is NC(Cc1cc(Cl)ccc1Cl)c1ccc(Br)c(F)c1. The molecule has 0 aliphatic carbocycles. The van der Waals surface area contributed by atoms with Crippen LogP contribution in [0.4, 0.5) is 4.39 Å². The molecule has 5 heteroatoms. The summed E-state index contributed by atoms with van der Waals surface area (Å²) in [6, 6.07) is 9.75. The molecule has 0 bridgehead atoms. The van der Waals surface area contributed by atoms with E-state index >= 15 is 0 Å². The topological polar surface area (TPSA) is 26.0 Å². The maximum absolute atomic E-state index is 13.5. The summed E-state index contributed by atoms with van der Waals surface area (Å²) in [5.41, 5.74) is 7.65. The minimum Gasteiger partial charge on any atom is -0.324 e. The molecule has 2 N–H and O–H groups in total. The first-order valence-electron chi connectivity index (χ1n) is 5.62. The van der Waals surface area contributed by atoms with Gasteiger partial charge in [0.1, 0.15) is 5.82 Å². The Bertz CT molecular complexity index is 604. The smallest absolute Gasteiger partial charge is 0.137 e. The van der Waals surface area contributed by atoms with Crippen molar-refractivity contribution in [3.63, 3.8) is 0 Å². The lowest BCUT2D eigenvalue weighted by Crippen LogP contribution is -2.14. The third kappa shape index (κ3) is 3.69. The molecule has 0 spiro atoms. The fourth-order valence-electron chi connectivity index (χ4n) is 1.80. The van der Waals surface area contributed by atoms with E-state index in [9.17, 15) is 4.39 Å². The Balaban J connectivity index is 2.22. The van der Waals surface area contributed by atoms with E-state index in [-0.39, 0.29) is 11.9 Å². The molecule has 0 heterocycles. The number of hydrogen-bond acceptors (Lipinski definition) is 1. The highest BCUT2D eigenvalue weighted by molar-refractivity contribution is 9.10. The molecule has 1 nitrogen and oxygen atoms in total. The molecule has 0 saturated heterocycles. The number of rotatable bonds is 3. The Morgan fingerprint density at radius 2 is 1.89 bits per heavy atom. The zero-order valence-corrected chi connectivity index (χ0v) is 12.9. The summed E-state index contributed by atoms with van der Waals surface area (Å²) in [7, 11) is 0. The van der Waals surface area contributed by atoms with E-state index in [0.717, 1.165) is 11.1 Å². The molecule has 1 unspecified atom stereocenters. The maximum atomic E-state index is 13.5. The molecule has 0 aliphatic rings. The fraction of sp³-hybridized carbons (Fsp3) is 0.143. The molecule has 19 heavy (non-hydrogen) atoms. The molecule has 100 valence electrons. The quantitative estimate of drug-likeness (QED) is 0.803. The molecule has 0 saturated carbocycles. The van der Waals surface area contributed by atoms with E-state index in [1.807, 2.05) is 0 Å². The van der Waals surface area contributed by atoms with Crippen LogP contribution >= 0.6 is 39.1 Å². The summed E-state index contributed by atoms with van der Waals surface area (Å²) >= 11 is 15.1. The van der Waals surface area contributed by atoms with Crippen molar-refractivity contribution >= 4 is 39.1 Å². The van der Waals surface area contributed by atoms with Gasteiger partial charge in [-0.15, -0.1) is 0 Å².